The Kier molecular flexibility index (Phi) is 6.72. The number of benzene rings is 2. The summed E-state index contributed by atoms with van der Waals surface area (Å²) < 4.78 is 12.3. The van der Waals surface area contributed by atoms with Gasteiger partial charge in [-0.15, -0.1) is 0 Å². The normalized spacial score (nSPS) is 11.8. The maximum absolute atomic E-state index is 12.3. The number of nitrogens with one attached hydrogen (secondary N) is 2. The smallest absolute Gasteiger partial charge is 0.237 e. The Morgan fingerprint density at radius 2 is 1.66 bits per heavy atom. The minimum Gasteiger partial charge on any atom is -0.325 e. The molecule has 2 amide bonds. The third-order valence-corrected chi connectivity index (χ3v) is 5.66. The van der Waals surface area contributed by atoms with Crippen molar-refractivity contribution in [3.63, 3.8) is 0 Å². The molecule has 0 saturated heterocycles. The Morgan fingerprint density at radius 1 is 0.966 bits per heavy atom. The molecule has 0 saturated carbocycles. The largest absolute Gasteiger partial charge is 0.325 e. The van der Waals surface area contributed by atoms with Gasteiger partial charge in [0.25, 0.3) is 0 Å². The summed E-state index contributed by atoms with van der Waals surface area (Å²) in [6, 6.07) is 15.0. The molecule has 3 aromatic rings. The lowest BCUT2D eigenvalue weighted by molar-refractivity contribution is -0.114. The second-order valence-corrected chi connectivity index (χ2v) is 8.13. The summed E-state index contributed by atoms with van der Waals surface area (Å²) in [6.45, 7) is 3.92. The Balaban J connectivity index is 1.59. The zero-order valence-electron chi connectivity index (χ0n) is 16.4. The van der Waals surface area contributed by atoms with Gasteiger partial charge >= 0.3 is 0 Å². The topological polar surface area (TPSA) is 88.2 Å². The molecule has 1 heterocycles. The van der Waals surface area contributed by atoms with Gasteiger partial charge in [-0.3, -0.25) is 18.8 Å². The highest BCUT2D eigenvalue weighted by molar-refractivity contribution is 7.86. The molecule has 0 spiro atoms. The average molecular weight is 410 g/mol. The maximum atomic E-state index is 12.3. The van der Waals surface area contributed by atoms with Crippen molar-refractivity contribution in [2.45, 2.75) is 20.3 Å². The van der Waals surface area contributed by atoms with Crippen LogP contribution in [0.2, 0.25) is 0 Å². The number of rotatable bonds is 7. The third kappa shape index (κ3) is 5.26. The van der Waals surface area contributed by atoms with Crippen LogP contribution in [0.5, 0.6) is 0 Å². The van der Waals surface area contributed by atoms with Crippen molar-refractivity contribution in [2.75, 3.05) is 22.1 Å². The molecule has 0 bridgehead atoms. The van der Waals surface area contributed by atoms with Crippen LogP contribution < -0.4 is 10.6 Å². The van der Waals surface area contributed by atoms with Gasteiger partial charge in [0, 0.05) is 28.1 Å². The van der Waals surface area contributed by atoms with Gasteiger partial charge in [0.1, 0.15) is 11.5 Å². The van der Waals surface area contributed by atoms with Crippen LogP contribution in [0.15, 0.2) is 54.7 Å². The molecule has 150 valence electrons. The van der Waals surface area contributed by atoms with Crippen LogP contribution in [-0.2, 0) is 26.8 Å². The molecule has 0 aliphatic heterocycles. The summed E-state index contributed by atoms with van der Waals surface area (Å²) in [7, 11) is -1.62. The first kappa shape index (κ1) is 20.7. The summed E-state index contributed by atoms with van der Waals surface area (Å²) in [5, 5.41) is 6.47. The molecular formula is C22H23N3O3S. The highest BCUT2D eigenvalue weighted by atomic mass is 32.2. The zero-order chi connectivity index (χ0) is 20.8. The molecule has 3 rings (SSSR count). The van der Waals surface area contributed by atoms with E-state index >= 15 is 0 Å². The van der Waals surface area contributed by atoms with Crippen LogP contribution in [0.3, 0.4) is 0 Å². The number of aryl methyl sites for hydroxylation is 2. The molecule has 0 radical (unpaired) electrons. The highest BCUT2D eigenvalue weighted by Gasteiger charge is 2.15. The quantitative estimate of drug-likeness (QED) is 0.626. The van der Waals surface area contributed by atoms with Gasteiger partial charge in [0.2, 0.25) is 11.8 Å². The lowest BCUT2D eigenvalue weighted by Crippen LogP contribution is -2.26. The van der Waals surface area contributed by atoms with Gasteiger partial charge in [0.05, 0.1) is 11.2 Å². The number of fused-ring (bicyclic) bond motifs is 1. The minimum atomic E-state index is -1.62. The van der Waals surface area contributed by atoms with Crippen LogP contribution in [0, 0.1) is 6.92 Å². The Bertz CT molecular complexity index is 1080. The second-order valence-electron chi connectivity index (χ2n) is 6.67. The van der Waals surface area contributed by atoms with E-state index in [4.69, 9.17) is 0 Å². The van der Waals surface area contributed by atoms with E-state index in [-0.39, 0.29) is 17.4 Å². The molecule has 6 nitrogen and oxygen atoms in total. The van der Waals surface area contributed by atoms with E-state index in [9.17, 15) is 13.8 Å². The highest BCUT2D eigenvalue weighted by Crippen LogP contribution is 2.22. The fraction of sp³-hybridized carbons (Fsp3) is 0.227. The van der Waals surface area contributed by atoms with E-state index in [1.54, 1.807) is 12.3 Å². The second kappa shape index (κ2) is 9.43. The Labute approximate surface area is 172 Å². The predicted octanol–water partition coefficient (Wildman–Crippen LogP) is 3.43. The standard InChI is InChI=1S/C22H23N3O3S/c1-3-16-8-4-7-15(2)21(16)25-20(27)14-29(28)13-19(26)24-18-11-5-9-17-10-6-12-23-22(17)18/h4-12H,3,13-14H2,1-2H3,(H,24,26)(H,25,27)/t29-/m1/s1. The van der Waals surface area contributed by atoms with Gasteiger partial charge in [-0.05, 0) is 36.6 Å². The number of carbonyl (C=O) groups is 2. The first-order valence-corrected chi connectivity index (χ1v) is 10.8. The number of amides is 2. The van der Waals surface area contributed by atoms with Crippen molar-refractivity contribution in [3.05, 3.63) is 65.9 Å². The molecular weight excluding hydrogens is 386 g/mol. The van der Waals surface area contributed by atoms with E-state index in [1.807, 2.05) is 56.3 Å². The monoisotopic (exact) mass is 409 g/mol. The van der Waals surface area contributed by atoms with Crippen molar-refractivity contribution in [2.24, 2.45) is 0 Å². The van der Waals surface area contributed by atoms with Crippen LogP contribution >= 0.6 is 0 Å². The fourth-order valence-electron chi connectivity index (χ4n) is 3.11. The van der Waals surface area contributed by atoms with E-state index in [2.05, 4.69) is 15.6 Å². The van der Waals surface area contributed by atoms with Gasteiger partial charge in [-0.25, -0.2) is 0 Å². The average Bonchev–Trinajstić information content (AvgIpc) is 2.69. The molecule has 1 aromatic heterocycles. The number of carbonyl (C=O) groups excluding carboxylic acids is 2. The molecule has 2 aromatic carbocycles. The number of nitrogens with zero attached hydrogens (tertiary/aromatic N) is 1. The van der Waals surface area contributed by atoms with Crippen molar-refractivity contribution < 1.29 is 13.8 Å². The summed E-state index contributed by atoms with van der Waals surface area (Å²) in [6.07, 6.45) is 2.43. The zero-order valence-corrected chi connectivity index (χ0v) is 17.2. The molecule has 2 N–H and O–H groups in total. The first-order chi connectivity index (χ1) is 14.0. The number of aromatic nitrogens is 1. The minimum absolute atomic E-state index is 0.237. The Morgan fingerprint density at radius 3 is 2.41 bits per heavy atom. The van der Waals surface area contributed by atoms with E-state index in [0.29, 0.717) is 11.2 Å². The summed E-state index contributed by atoms with van der Waals surface area (Å²) in [4.78, 5) is 28.9. The van der Waals surface area contributed by atoms with Crippen molar-refractivity contribution in [1.82, 2.24) is 4.98 Å². The molecule has 0 aliphatic rings. The number of para-hydroxylation sites is 2. The fourth-order valence-corrected chi connectivity index (χ4v) is 3.94. The molecule has 29 heavy (non-hydrogen) atoms. The summed E-state index contributed by atoms with van der Waals surface area (Å²) >= 11 is 0. The van der Waals surface area contributed by atoms with Gasteiger partial charge < -0.3 is 10.6 Å². The van der Waals surface area contributed by atoms with Crippen molar-refractivity contribution in [3.8, 4) is 0 Å². The van der Waals surface area contributed by atoms with Gasteiger partial charge in [-0.1, -0.05) is 43.3 Å². The van der Waals surface area contributed by atoms with Crippen LogP contribution in [0.1, 0.15) is 18.1 Å². The van der Waals surface area contributed by atoms with Crippen LogP contribution in [-0.4, -0.2) is 32.5 Å². The third-order valence-electron chi connectivity index (χ3n) is 4.50. The molecule has 0 fully saturated rings. The van der Waals surface area contributed by atoms with Crippen LogP contribution in [0.4, 0.5) is 11.4 Å². The molecule has 0 aliphatic carbocycles. The number of hydrogen-bond acceptors (Lipinski definition) is 4. The lowest BCUT2D eigenvalue weighted by Gasteiger charge is -2.13. The van der Waals surface area contributed by atoms with E-state index < -0.39 is 16.7 Å². The number of pyridine rings is 1. The molecule has 7 heteroatoms. The van der Waals surface area contributed by atoms with Crippen LogP contribution in [0.25, 0.3) is 10.9 Å². The summed E-state index contributed by atoms with van der Waals surface area (Å²) in [5.41, 5.74) is 3.94. The van der Waals surface area contributed by atoms with Crippen molar-refractivity contribution >= 4 is 44.9 Å². The van der Waals surface area contributed by atoms with Crippen molar-refractivity contribution in [1.29, 1.82) is 0 Å². The Hall–Kier alpha value is -3.06. The first-order valence-electron chi connectivity index (χ1n) is 9.35. The number of anilines is 2. The number of hydrogen-bond donors (Lipinski definition) is 2. The lowest BCUT2D eigenvalue weighted by atomic mass is 10.1. The molecule has 1 atom stereocenters. The van der Waals surface area contributed by atoms with Gasteiger partial charge in [0.15, 0.2) is 0 Å². The SMILES string of the molecule is CCc1cccc(C)c1NC(=O)C[S@](=O)CC(=O)Nc1cccc2cccnc12. The maximum Gasteiger partial charge on any atom is 0.237 e. The summed E-state index contributed by atoms with van der Waals surface area (Å²) in [5.74, 6) is -1.28. The molecule has 0 unspecified atom stereocenters. The van der Waals surface area contributed by atoms with E-state index in [0.717, 1.165) is 28.6 Å². The predicted molar refractivity (Wildman–Crippen MR) is 117 cm³/mol. The van der Waals surface area contributed by atoms with Gasteiger partial charge in [-0.2, -0.15) is 0 Å². The van der Waals surface area contributed by atoms with E-state index in [1.165, 1.54) is 0 Å².